The molecule has 23 heavy (non-hydrogen) atoms. The summed E-state index contributed by atoms with van der Waals surface area (Å²) < 4.78 is 7.51. The number of nitrogens with zero attached hydrogens (tertiary/aromatic N) is 3. The van der Waals surface area contributed by atoms with Gasteiger partial charge in [0.2, 0.25) is 0 Å². The van der Waals surface area contributed by atoms with Crippen molar-refractivity contribution in [1.29, 1.82) is 0 Å². The number of carbonyl (C=O) groups is 2. The molecule has 2 amide bonds. The average molecular weight is 322 g/mol. The molecule has 2 fully saturated rings. The summed E-state index contributed by atoms with van der Waals surface area (Å²) in [4.78, 5) is 24.9. The van der Waals surface area contributed by atoms with Crippen molar-refractivity contribution in [3.63, 3.8) is 0 Å². The molecular weight excluding hydrogens is 300 g/mol. The molecule has 4 atom stereocenters. The highest BCUT2D eigenvalue weighted by Crippen LogP contribution is 2.35. The fraction of sp³-hybridized carbons (Fsp3) is 0.667. The molecular formula is C15H22N4O4. The Morgan fingerprint density at radius 2 is 2.30 bits per heavy atom. The molecule has 2 aliphatic rings. The van der Waals surface area contributed by atoms with Gasteiger partial charge in [-0.2, -0.15) is 5.10 Å². The predicted molar refractivity (Wildman–Crippen MR) is 80.9 cm³/mol. The summed E-state index contributed by atoms with van der Waals surface area (Å²) in [5, 5.41) is 16.3. The molecule has 8 heteroatoms. The van der Waals surface area contributed by atoms with Gasteiger partial charge in [0.15, 0.2) is 0 Å². The van der Waals surface area contributed by atoms with Crippen LogP contribution in [0.1, 0.15) is 25.8 Å². The van der Waals surface area contributed by atoms with Gasteiger partial charge in [0.25, 0.3) is 0 Å². The van der Waals surface area contributed by atoms with Crippen molar-refractivity contribution >= 4 is 12.0 Å². The van der Waals surface area contributed by atoms with Crippen molar-refractivity contribution in [2.45, 2.75) is 38.0 Å². The lowest BCUT2D eigenvalue weighted by Gasteiger charge is -2.44. The number of likely N-dealkylation sites (tertiary alicyclic amines) is 1. The minimum absolute atomic E-state index is 0.0215. The van der Waals surface area contributed by atoms with E-state index in [0.29, 0.717) is 19.6 Å². The lowest BCUT2D eigenvalue weighted by molar-refractivity contribution is -0.141. The number of nitrogens with one attached hydrogen (secondary N) is 1. The molecule has 0 unspecified atom stereocenters. The zero-order chi connectivity index (χ0) is 16.4. The molecule has 1 saturated heterocycles. The molecule has 2 heterocycles. The van der Waals surface area contributed by atoms with E-state index in [1.807, 2.05) is 23.9 Å². The van der Waals surface area contributed by atoms with Crippen LogP contribution in [0.15, 0.2) is 18.5 Å². The predicted octanol–water partition coefficient (Wildman–Crippen LogP) is 0.718. The van der Waals surface area contributed by atoms with Gasteiger partial charge in [-0.3, -0.25) is 9.48 Å². The first kappa shape index (κ1) is 15.8. The first-order valence-electron chi connectivity index (χ1n) is 7.99. The second-order valence-corrected chi connectivity index (χ2v) is 6.03. The number of ether oxygens (including phenoxy) is 1. The molecule has 8 nitrogen and oxygen atoms in total. The Balaban J connectivity index is 1.59. The van der Waals surface area contributed by atoms with Gasteiger partial charge in [-0.05, 0) is 25.8 Å². The third-order valence-corrected chi connectivity index (χ3v) is 4.62. The van der Waals surface area contributed by atoms with Crippen molar-refractivity contribution in [2.75, 3.05) is 19.7 Å². The van der Waals surface area contributed by atoms with Crippen molar-refractivity contribution in [3.05, 3.63) is 18.5 Å². The van der Waals surface area contributed by atoms with Gasteiger partial charge < -0.3 is 20.1 Å². The van der Waals surface area contributed by atoms with Crippen LogP contribution in [0.2, 0.25) is 0 Å². The monoisotopic (exact) mass is 322 g/mol. The molecule has 3 rings (SSSR count). The summed E-state index contributed by atoms with van der Waals surface area (Å²) in [5.41, 5.74) is 0. The van der Waals surface area contributed by atoms with Gasteiger partial charge in [0.1, 0.15) is 0 Å². The molecule has 1 saturated carbocycles. The Bertz CT molecular complexity index is 562. The van der Waals surface area contributed by atoms with Gasteiger partial charge in [-0.15, -0.1) is 0 Å². The summed E-state index contributed by atoms with van der Waals surface area (Å²) in [6.45, 7) is 3.32. The number of aliphatic carboxylic acids is 1. The molecule has 0 spiro atoms. The van der Waals surface area contributed by atoms with Crippen LogP contribution in [0.4, 0.5) is 4.79 Å². The third kappa shape index (κ3) is 3.17. The number of hydrogen-bond donors (Lipinski definition) is 2. The second kappa shape index (κ2) is 6.57. The van der Waals surface area contributed by atoms with E-state index in [1.54, 1.807) is 11.1 Å². The molecule has 2 N–H and O–H groups in total. The highest BCUT2D eigenvalue weighted by molar-refractivity contribution is 5.77. The summed E-state index contributed by atoms with van der Waals surface area (Å²) in [7, 11) is 0. The van der Waals surface area contributed by atoms with Crippen LogP contribution >= 0.6 is 0 Å². The van der Waals surface area contributed by atoms with Crippen molar-refractivity contribution in [1.82, 2.24) is 20.0 Å². The second-order valence-electron chi connectivity index (χ2n) is 6.03. The van der Waals surface area contributed by atoms with E-state index in [1.165, 1.54) is 0 Å². The number of aromatic nitrogens is 2. The standard InChI is InChI=1S/C15H22N4O4/c1-2-23-12-8-11(13(12)19-6-3-5-16-19)17-15(22)18-7-4-10(9-18)14(20)21/h3,5-6,10-13H,2,4,7-9H2,1H3,(H,17,22)(H,20,21)/t10-,11-,12+,13-/m0/s1. The molecule has 1 aliphatic heterocycles. The Morgan fingerprint density at radius 3 is 2.91 bits per heavy atom. The highest BCUT2D eigenvalue weighted by Gasteiger charge is 2.45. The minimum atomic E-state index is -0.838. The maximum absolute atomic E-state index is 12.3. The average Bonchev–Trinajstić information content (AvgIpc) is 3.16. The summed E-state index contributed by atoms with van der Waals surface area (Å²) in [6, 6.07) is 1.57. The Kier molecular flexibility index (Phi) is 4.51. The number of hydrogen-bond acceptors (Lipinski definition) is 4. The number of carbonyl (C=O) groups excluding carboxylic acids is 1. The van der Waals surface area contributed by atoms with Crippen LogP contribution < -0.4 is 5.32 Å². The number of carboxylic acid groups (broad SMARTS) is 1. The van der Waals surface area contributed by atoms with Gasteiger partial charge in [-0.1, -0.05) is 0 Å². The van der Waals surface area contributed by atoms with Crippen LogP contribution in [-0.4, -0.2) is 63.6 Å². The molecule has 1 aromatic heterocycles. The molecule has 0 radical (unpaired) electrons. The number of amides is 2. The van der Waals surface area contributed by atoms with E-state index in [-0.39, 0.29) is 30.8 Å². The van der Waals surface area contributed by atoms with E-state index < -0.39 is 11.9 Å². The third-order valence-electron chi connectivity index (χ3n) is 4.62. The van der Waals surface area contributed by atoms with Crippen LogP contribution in [0.3, 0.4) is 0 Å². The first-order chi connectivity index (χ1) is 11.1. The largest absolute Gasteiger partial charge is 0.481 e. The van der Waals surface area contributed by atoms with Crippen LogP contribution in [-0.2, 0) is 9.53 Å². The topological polar surface area (TPSA) is 96.7 Å². The highest BCUT2D eigenvalue weighted by atomic mass is 16.5. The van der Waals surface area contributed by atoms with E-state index >= 15 is 0 Å². The lowest BCUT2D eigenvalue weighted by Crippen LogP contribution is -2.59. The fourth-order valence-corrected chi connectivity index (χ4v) is 3.33. The number of urea groups is 1. The summed E-state index contributed by atoms with van der Waals surface area (Å²) in [5.74, 6) is -1.30. The summed E-state index contributed by atoms with van der Waals surface area (Å²) >= 11 is 0. The van der Waals surface area contributed by atoms with E-state index in [4.69, 9.17) is 9.84 Å². The van der Waals surface area contributed by atoms with Crippen molar-refractivity contribution in [3.8, 4) is 0 Å². The molecule has 1 aromatic rings. The Morgan fingerprint density at radius 1 is 1.48 bits per heavy atom. The van der Waals surface area contributed by atoms with Crippen molar-refractivity contribution in [2.24, 2.45) is 5.92 Å². The quantitative estimate of drug-likeness (QED) is 0.832. The Labute approximate surface area is 134 Å². The van der Waals surface area contributed by atoms with Crippen LogP contribution in [0, 0.1) is 5.92 Å². The number of carboxylic acids is 1. The molecule has 126 valence electrons. The maximum Gasteiger partial charge on any atom is 0.317 e. The smallest absolute Gasteiger partial charge is 0.317 e. The molecule has 0 bridgehead atoms. The Hall–Kier alpha value is -2.09. The zero-order valence-corrected chi connectivity index (χ0v) is 13.1. The van der Waals surface area contributed by atoms with Gasteiger partial charge in [0.05, 0.1) is 24.1 Å². The SMILES string of the molecule is CCO[C@@H]1C[C@H](NC(=O)N2CC[C@H](C(=O)O)C2)[C@@H]1n1cccn1. The van der Waals surface area contributed by atoms with E-state index in [2.05, 4.69) is 10.4 Å². The molecule has 0 aromatic carbocycles. The van der Waals surface area contributed by atoms with Gasteiger partial charge in [-0.25, -0.2) is 4.79 Å². The minimum Gasteiger partial charge on any atom is -0.481 e. The van der Waals surface area contributed by atoms with Crippen molar-refractivity contribution < 1.29 is 19.4 Å². The maximum atomic E-state index is 12.3. The molecule has 1 aliphatic carbocycles. The van der Waals surface area contributed by atoms with Crippen LogP contribution in [0.25, 0.3) is 0 Å². The van der Waals surface area contributed by atoms with E-state index in [9.17, 15) is 9.59 Å². The number of rotatable bonds is 5. The fourth-order valence-electron chi connectivity index (χ4n) is 3.33. The summed E-state index contributed by atoms with van der Waals surface area (Å²) in [6.07, 6.45) is 4.86. The van der Waals surface area contributed by atoms with E-state index in [0.717, 1.165) is 6.42 Å². The van der Waals surface area contributed by atoms with Crippen LogP contribution in [0.5, 0.6) is 0 Å². The van der Waals surface area contributed by atoms with Gasteiger partial charge in [0, 0.05) is 32.1 Å². The zero-order valence-electron chi connectivity index (χ0n) is 13.1. The van der Waals surface area contributed by atoms with Gasteiger partial charge >= 0.3 is 12.0 Å². The first-order valence-corrected chi connectivity index (χ1v) is 7.99. The lowest BCUT2D eigenvalue weighted by atomic mass is 9.82. The normalized spacial score (nSPS) is 30.0.